The van der Waals surface area contributed by atoms with Gasteiger partial charge in [-0.1, -0.05) is 23.8 Å². The van der Waals surface area contributed by atoms with Gasteiger partial charge in [-0.2, -0.15) is 4.31 Å². The number of benzene rings is 2. The Bertz CT molecular complexity index is 949. The smallest absolute Gasteiger partial charge is 0.243 e. The molecule has 1 amide bonds. The van der Waals surface area contributed by atoms with Gasteiger partial charge in [0.15, 0.2) is 0 Å². The molecule has 0 bridgehead atoms. The number of hydrogen-bond donors (Lipinski definition) is 1. The second kappa shape index (κ2) is 7.70. The van der Waals surface area contributed by atoms with Crippen molar-refractivity contribution >= 4 is 27.3 Å². The molecule has 1 saturated heterocycles. The van der Waals surface area contributed by atoms with Gasteiger partial charge in [-0.15, -0.1) is 0 Å². The number of amides is 1. The van der Waals surface area contributed by atoms with E-state index in [1.807, 2.05) is 50.2 Å². The predicted molar refractivity (Wildman–Crippen MR) is 108 cm³/mol. The third kappa shape index (κ3) is 4.31. The lowest BCUT2D eigenvalue weighted by atomic mass is 10.2. The van der Waals surface area contributed by atoms with Crippen LogP contribution in [0.3, 0.4) is 0 Å². The molecule has 3 rings (SSSR count). The van der Waals surface area contributed by atoms with E-state index in [0.717, 1.165) is 22.5 Å². The monoisotopic (exact) mass is 387 g/mol. The fourth-order valence-electron chi connectivity index (χ4n) is 3.40. The van der Waals surface area contributed by atoms with Crippen LogP contribution < -0.4 is 10.2 Å². The first-order chi connectivity index (χ1) is 12.8. The highest BCUT2D eigenvalue weighted by Gasteiger charge is 2.29. The number of nitrogens with one attached hydrogen (secondary N) is 1. The number of hydrogen-bond acceptors (Lipinski definition) is 4. The van der Waals surface area contributed by atoms with E-state index in [0.29, 0.717) is 31.1 Å². The Morgan fingerprint density at radius 3 is 2.33 bits per heavy atom. The first-order valence-electron chi connectivity index (χ1n) is 8.97. The molecule has 0 radical (unpaired) electrons. The summed E-state index contributed by atoms with van der Waals surface area (Å²) in [6.45, 7) is 7.34. The molecule has 7 heteroatoms. The maximum Gasteiger partial charge on any atom is 0.243 e. The Hall–Kier alpha value is -2.38. The van der Waals surface area contributed by atoms with Gasteiger partial charge in [0.1, 0.15) is 0 Å². The topological polar surface area (TPSA) is 69.7 Å². The van der Waals surface area contributed by atoms with E-state index in [1.165, 1.54) is 6.92 Å². The first-order valence-corrected chi connectivity index (χ1v) is 10.4. The summed E-state index contributed by atoms with van der Waals surface area (Å²) in [5.41, 5.74) is 3.55. The molecule has 0 aliphatic carbocycles. The maximum atomic E-state index is 13.0. The summed E-state index contributed by atoms with van der Waals surface area (Å²) in [7, 11) is -3.49. The van der Waals surface area contributed by atoms with Gasteiger partial charge < -0.3 is 10.2 Å². The van der Waals surface area contributed by atoms with Crippen molar-refractivity contribution in [2.45, 2.75) is 25.7 Å². The lowest BCUT2D eigenvalue weighted by Gasteiger charge is -2.35. The van der Waals surface area contributed by atoms with Crippen LogP contribution in [0.2, 0.25) is 0 Å². The van der Waals surface area contributed by atoms with Crippen LogP contribution in [0.15, 0.2) is 47.4 Å². The van der Waals surface area contributed by atoms with Gasteiger partial charge in [0.25, 0.3) is 0 Å². The number of sulfonamides is 1. The molecule has 2 aromatic carbocycles. The van der Waals surface area contributed by atoms with E-state index in [4.69, 9.17) is 0 Å². The number of rotatable bonds is 4. The van der Waals surface area contributed by atoms with E-state index in [1.54, 1.807) is 10.4 Å². The van der Waals surface area contributed by atoms with Crippen LogP contribution in [0.25, 0.3) is 0 Å². The Morgan fingerprint density at radius 2 is 1.70 bits per heavy atom. The second-order valence-corrected chi connectivity index (χ2v) is 8.80. The van der Waals surface area contributed by atoms with E-state index in [9.17, 15) is 13.2 Å². The fraction of sp³-hybridized carbons (Fsp3) is 0.350. The van der Waals surface area contributed by atoms with E-state index >= 15 is 0 Å². The molecule has 1 aliphatic rings. The molecule has 0 spiro atoms. The number of carbonyl (C=O) groups excluding carboxylic acids is 1. The number of anilines is 2. The van der Waals surface area contributed by atoms with Gasteiger partial charge in [-0.05, 0) is 43.7 Å². The lowest BCUT2D eigenvalue weighted by molar-refractivity contribution is -0.114. The summed E-state index contributed by atoms with van der Waals surface area (Å²) in [5, 5.41) is 2.78. The molecular formula is C20H25N3O3S. The molecule has 1 heterocycles. The Balaban J connectivity index is 1.72. The zero-order chi connectivity index (χ0) is 19.6. The summed E-state index contributed by atoms with van der Waals surface area (Å²) in [6, 6.07) is 13.0. The maximum absolute atomic E-state index is 13.0. The third-order valence-corrected chi connectivity index (χ3v) is 6.78. The summed E-state index contributed by atoms with van der Waals surface area (Å²) >= 11 is 0. The minimum atomic E-state index is -3.49. The van der Waals surface area contributed by atoms with Crippen molar-refractivity contribution in [2.75, 3.05) is 36.4 Å². The summed E-state index contributed by atoms with van der Waals surface area (Å²) in [5.74, 6) is -0.114. The largest absolute Gasteiger partial charge is 0.369 e. The van der Waals surface area contributed by atoms with Crippen LogP contribution in [-0.2, 0) is 14.8 Å². The molecule has 1 N–H and O–H groups in total. The number of nitrogens with zero attached hydrogens (tertiary/aromatic N) is 2. The number of aryl methyl sites for hydroxylation is 2. The SMILES string of the molecule is CC(=O)Nc1cccc(N2CCN(S(=O)(=O)c3ccc(C)cc3C)CC2)c1. The van der Waals surface area contributed by atoms with Crippen molar-refractivity contribution in [1.82, 2.24) is 4.31 Å². The molecule has 0 saturated carbocycles. The highest BCUT2D eigenvalue weighted by molar-refractivity contribution is 7.89. The molecule has 6 nitrogen and oxygen atoms in total. The molecule has 0 atom stereocenters. The quantitative estimate of drug-likeness (QED) is 0.876. The van der Waals surface area contributed by atoms with E-state index in [-0.39, 0.29) is 5.91 Å². The van der Waals surface area contributed by atoms with Gasteiger partial charge in [0, 0.05) is 44.5 Å². The predicted octanol–water partition coefficient (Wildman–Crippen LogP) is 2.77. The van der Waals surface area contributed by atoms with Crippen LogP contribution in [0.5, 0.6) is 0 Å². The minimum absolute atomic E-state index is 0.114. The van der Waals surface area contributed by atoms with E-state index in [2.05, 4.69) is 10.2 Å². The van der Waals surface area contributed by atoms with Crippen LogP contribution >= 0.6 is 0 Å². The molecule has 27 heavy (non-hydrogen) atoms. The van der Waals surface area contributed by atoms with Gasteiger partial charge in [-0.25, -0.2) is 8.42 Å². The zero-order valence-corrected chi connectivity index (χ0v) is 16.7. The van der Waals surface area contributed by atoms with Gasteiger partial charge >= 0.3 is 0 Å². The van der Waals surface area contributed by atoms with Gasteiger partial charge in [0.2, 0.25) is 15.9 Å². The fourth-order valence-corrected chi connectivity index (χ4v) is 5.03. The van der Waals surface area contributed by atoms with Crippen molar-refractivity contribution in [3.8, 4) is 0 Å². The zero-order valence-electron chi connectivity index (χ0n) is 15.9. The molecule has 0 unspecified atom stereocenters. The highest BCUT2D eigenvalue weighted by atomic mass is 32.2. The molecule has 144 valence electrons. The van der Waals surface area contributed by atoms with Crippen molar-refractivity contribution < 1.29 is 13.2 Å². The van der Waals surface area contributed by atoms with Crippen LogP contribution in [0.4, 0.5) is 11.4 Å². The van der Waals surface area contributed by atoms with Gasteiger partial charge in [-0.3, -0.25) is 4.79 Å². The van der Waals surface area contributed by atoms with Crippen molar-refractivity contribution in [3.05, 3.63) is 53.6 Å². The van der Waals surface area contributed by atoms with E-state index < -0.39 is 10.0 Å². The van der Waals surface area contributed by atoms with Crippen LogP contribution in [0.1, 0.15) is 18.1 Å². The third-order valence-electron chi connectivity index (χ3n) is 4.72. The normalized spacial score (nSPS) is 15.6. The minimum Gasteiger partial charge on any atom is -0.369 e. The standard InChI is InChI=1S/C20H25N3O3S/c1-15-7-8-20(16(2)13-15)27(25,26)23-11-9-22(10-12-23)19-6-4-5-18(14-19)21-17(3)24/h4-8,13-14H,9-12H2,1-3H3,(H,21,24). The summed E-state index contributed by atoms with van der Waals surface area (Å²) in [4.78, 5) is 13.8. The number of piperazine rings is 1. The average molecular weight is 388 g/mol. The molecule has 2 aromatic rings. The number of carbonyl (C=O) groups is 1. The lowest BCUT2D eigenvalue weighted by Crippen LogP contribution is -2.48. The van der Waals surface area contributed by atoms with Crippen molar-refractivity contribution in [2.24, 2.45) is 0 Å². The van der Waals surface area contributed by atoms with Gasteiger partial charge in [0.05, 0.1) is 4.90 Å². The Kier molecular flexibility index (Phi) is 5.53. The summed E-state index contributed by atoms with van der Waals surface area (Å²) in [6.07, 6.45) is 0. The first kappa shape index (κ1) is 19.4. The molecule has 1 fully saturated rings. The molecule has 1 aliphatic heterocycles. The second-order valence-electron chi connectivity index (χ2n) is 6.89. The highest BCUT2D eigenvalue weighted by Crippen LogP contribution is 2.25. The summed E-state index contributed by atoms with van der Waals surface area (Å²) < 4.78 is 27.6. The van der Waals surface area contributed by atoms with Crippen molar-refractivity contribution in [3.63, 3.8) is 0 Å². The average Bonchev–Trinajstić information content (AvgIpc) is 2.61. The Labute approximate surface area is 160 Å². The van der Waals surface area contributed by atoms with Crippen LogP contribution in [0, 0.1) is 13.8 Å². The molecular weight excluding hydrogens is 362 g/mol. The molecule has 0 aromatic heterocycles. The van der Waals surface area contributed by atoms with Crippen LogP contribution in [-0.4, -0.2) is 44.8 Å². The Morgan fingerprint density at radius 1 is 1.00 bits per heavy atom. The van der Waals surface area contributed by atoms with Crippen molar-refractivity contribution in [1.29, 1.82) is 0 Å².